The van der Waals surface area contributed by atoms with Crippen LogP contribution in [0.5, 0.6) is 0 Å². The minimum atomic E-state index is -2.71. The van der Waals surface area contributed by atoms with Crippen molar-refractivity contribution in [2.45, 2.75) is 44.3 Å². The fourth-order valence-electron chi connectivity index (χ4n) is 3.38. The number of esters is 1. The molecule has 4 atom stereocenters. The predicted molar refractivity (Wildman–Crippen MR) is 91.5 cm³/mol. The highest BCUT2D eigenvalue weighted by atomic mass is 16.6. The Kier molecular flexibility index (Phi) is 4.65. The number of ether oxygens (including phenoxy) is 2. The molecule has 1 aliphatic rings. The highest BCUT2D eigenvalue weighted by Gasteiger charge is 2.72. The van der Waals surface area contributed by atoms with Crippen LogP contribution in [0.25, 0.3) is 11.2 Å². The van der Waals surface area contributed by atoms with E-state index in [0.717, 1.165) is 31.7 Å². The highest BCUT2D eigenvalue weighted by molar-refractivity contribution is 5.99. The molecule has 0 bridgehead atoms. The fraction of sp³-hybridized carbons (Fsp3) is 0.500. The summed E-state index contributed by atoms with van der Waals surface area (Å²) in [5.41, 5.74) is 0.630. The van der Waals surface area contributed by atoms with E-state index in [2.05, 4.69) is 15.0 Å². The van der Waals surface area contributed by atoms with Gasteiger partial charge in [-0.1, -0.05) is 0 Å². The molecule has 0 aliphatic carbocycles. The zero-order valence-corrected chi connectivity index (χ0v) is 15.3. The summed E-state index contributed by atoms with van der Waals surface area (Å²) in [6.07, 6.45) is -0.794. The van der Waals surface area contributed by atoms with Crippen molar-refractivity contribution in [3.05, 3.63) is 12.7 Å². The van der Waals surface area contributed by atoms with Crippen molar-refractivity contribution in [2.75, 3.05) is 12.3 Å². The largest absolute Gasteiger partial charge is 0.463 e. The number of fused-ring (bicyclic) bond motifs is 1. The lowest BCUT2D eigenvalue weighted by Gasteiger charge is -2.37. The van der Waals surface area contributed by atoms with Gasteiger partial charge < -0.3 is 25.4 Å². The van der Waals surface area contributed by atoms with Crippen molar-refractivity contribution in [3.63, 3.8) is 0 Å². The number of nitrogen functional groups attached to an aromatic ring is 1. The van der Waals surface area contributed by atoms with E-state index in [0.29, 0.717) is 0 Å². The molecule has 4 N–H and O–H groups in total. The topological polar surface area (TPSA) is 180 Å². The lowest BCUT2D eigenvalue weighted by molar-refractivity contribution is -0.182. The average molecular weight is 393 g/mol. The summed E-state index contributed by atoms with van der Waals surface area (Å²) in [7, 11) is 0. The molecule has 0 amide bonds. The lowest BCUT2D eigenvalue weighted by Crippen LogP contribution is -2.66. The van der Waals surface area contributed by atoms with Gasteiger partial charge in [0, 0.05) is 6.92 Å². The van der Waals surface area contributed by atoms with Crippen molar-refractivity contribution >= 4 is 34.5 Å². The third-order valence-electron chi connectivity index (χ3n) is 4.85. The van der Waals surface area contributed by atoms with Crippen LogP contribution < -0.4 is 5.73 Å². The number of hydrogen-bond donors (Lipinski definition) is 3. The van der Waals surface area contributed by atoms with Crippen LogP contribution in [0.3, 0.4) is 0 Å². The molecule has 0 saturated carbocycles. The van der Waals surface area contributed by atoms with Gasteiger partial charge in [-0.05, 0) is 13.8 Å². The summed E-state index contributed by atoms with van der Waals surface area (Å²) >= 11 is 0. The van der Waals surface area contributed by atoms with Crippen molar-refractivity contribution in [1.82, 2.24) is 19.5 Å². The number of rotatable bonds is 5. The Morgan fingerprint density at radius 1 is 1.18 bits per heavy atom. The van der Waals surface area contributed by atoms with E-state index < -0.39 is 47.7 Å². The monoisotopic (exact) mass is 393 g/mol. The summed E-state index contributed by atoms with van der Waals surface area (Å²) in [6.45, 7) is 2.55. The number of hydrogen-bond acceptors (Lipinski definition) is 11. The van der Waals surface area contributed by atoms with Crippen molar-refractivity contribution in [2.24, 2.45) is 0 Å². The fourth-order valence-corrected chi connectivity index (χ4v) is 3.38. The van der Waals surface area contributed by atoms with Gasteiger partial charge in [0.15, 0.2) is 34.9 Å². The molecule has 0 aromatic carbocycles. The van der Waals surface area contributed by atoms with Crippen molar-refractivity contribution in [3.8, 4) is 0 Å². The number of anilines is 1. The second-order valence-corrected chi connectivity index (χ2v) is 6.51. The molecular formula is C16H19N5O7. The molecule has 3 heterocycles. The number of nitrogens with two attached hydrogens (primary N) is 1. The molecule has 28 heavy (non-hydrogen) atoms. The molecule has 150 valence electrons. The van der Waals surface area contributed by atoms with E-state index in [9.17, 15) is 24.6 Å². The lowest BCUT2D eigenvalue weighted by atomic mass is 9.75. The third-order valence-corrected chi connectivity index (χ3v) is 4.85. The van der Waals surface area contributed by atoms with E-state index in [1.54, 1.807) is 0 Å². The van der Waals surface area contributed by atoms with Gasteiger partial charge >= 0.3 is 5.97 Å². The van der Waals surface area contributed by atoms with Gasteiger partial charge in [0.05, 0.1) is 6.33 Å². The van der Waals surface area contributed by atoms with Gasteiger partial charge in [0.2, 0.25) is 5.60 Å². The molecule has 1 aliphatic heterocycles. The van der Waals surface area contributed by atoms with Gasteiger partial charge in [0.25, 0.3) is 0 Å². The van der Waals surface area contributed by atoms with Crippen LogP contribution in [-0.2, 0) is 23.9 Å². The maximum absolute atomic E-state index is 12.4. The van der Waals surface area contributed by atoms with Crippen molar-refractivity contribution < 1.29 is 34.1 Å². The van der Waals surface area contributed by atoms with Gasteiger partial charge in [-0.15, -0.1) is 0 Å². The van der Waals surface area contributed by atoms with Crippen LogP contribution in [0.15, 0.2) is 12.7 Å². The molecule has 12 heteroatoms. The number of aromatic nitrogens is 4. The predicted octanol–water partition coefficient (Wildman–Crippen LogP) is -1.49. The standard InChI is InChI=1S/C16H19N5O7/c1-7(22)15(25)10(4-27-9(3)24)28-14(16(15,26)8(2)23)21-6-20-11-12(17)18-5-19-13(11)21/h5-6,10,14,25-26H,4H2,1-3H3,(H2,17,18,19)/t10-,14-,15-,16+/m1/s1. The number of nitrogens with zero attached hydrogens (tertiary/aromatic N) is 4. The van der Waals surface area contributed by atoms with E-state index >= 15 is 0 Å². The Balaban J connectivity index is 2.19. The summed E-state index contributed by atoms with van der Waals surface area (Å²) in [5.74, 6) is -2.53. The highest BCUT2D eigenvalue weighted by Crippen LogP contribution is 2.47. The maximum Gasteiger partial charge on any atom is 0.302 e. The smallest absolute Gasteiger partial charge is 0.302 e. The Morgan fingerprint density at radius 2 is 1.82 bits per heavy atom. The zero-order valence-electron chi connectivity index (χ0n) is 15.3. The van der Waals surface area contributed by atoms with Gasteiger partial charge in [-0.3, -0.25) is 19.0 Å². The van der Waals surface area contributed by atoms with Crippen LogP contribution in [0.4, 0.5) is 5.82 Å². The Bertz CT molecular complexity index is 975. The first-order valence-electron chi connectivity index (χ1n) is 8.23. The molecule has 3 rings (SSSR count). The van der Waals surface area contributed by atoms with Gasteiger partial charge in [0.1, 0.15) is 24.6 Å². The number of Topliss-reactive ketones (excluding diaryl/α,β-unsaturated/α-hetero) is 2. The van der Waals surface area contributed by atoms with Crippen LogP contribution in [0.1, 0.15) is 27.0 Å². The maximum atomic E-state index is 12.4. The van der Waals surface area contributed by atoms with Crippen molar-refractivity contribution in [1.29, 1.82) is 0 Å². The van der Waals surface area contributed by atoms with Crippen LogP contribution in [0, 0.1) is 0 Å². The number of ketones is 2. The van der Waals surface area contributed by atoms with Gasteiger partial charge in [-0.2, -0.15) is 0 Å². The normalized spacial score (nSPS) is 29.8. The molecule has 1 fully saturated rings. The molecule has 0 unspecified atom stereocenters. The van der Waals surface area contributed by atoms with E-state index in [4.69, 9.17) is 15.2 Å². The van der Waals surface area contributed by atoms with Crippen LogP contribution in [-0.4, -0.2) is 71.2 Å². The Morgan fingerprint density at radius 3 is 2.39 bits per heavy atom. The van der Waals surface area contributed by atoms with E-state index in [1.807, 2.05) is 0 Å². The summed E-state index contributed by atoms with van der Waals surface area (Å²) in [4.78, 5) is 47.8. The average Bonchev–Trinajstić information content (AvgIpc) is 3.14. The molecule has 12 nitrogen and oxygen atoms in total. The minimum Gasteiger partial charge on any atom is -0.463 e. The summed E-state index contributed by atoms with van der Waals surface area (Å²) in [6, 6.07) is 0. The molecule has 2 aromatic rings. The molecule has 2 aromatic heterocycles. The molecule has 1 saturated heterocycles. The van der Waals surface area contributed by atoms with Crippen LogP contribution >= 0.6 is 0 Å². The number of imidazole rings is 1. The van der Waals surface area contributed by atoms with E-state index in [-0.39, 0.29) is 17.0 Å². The molecule has 0 spiro atoms. The van der Waals surface area contributed by atoms with Gasteiger partial charge in [-0.25, -0.2) is 15.0 Å². The Labute approximate surface area is 158 Å². The molecular weight excluding hydrogens is 374 g/mol. The second kappa shape index (κ2) is 6.58. The molecule has 0 radical (unpaired) electrons. The Hall–Kier alpha value is -2.96. The summed E-state index contributed by atoms with van der Waals surface area (Å²) < 4.78 is 11.7. The number of aliphatic hydroxyl groups is 2. The number of carbonyl (C=O) groups is 3. The number of carbonyl (C=O) groups excluding carboxylic acids is 3. The first kappa shape index (κ1) is 19.8. The van der Waals surface area contributed by atoms with E-state index in [1.165, 1.54) is 6.33 Å². The minimum absolute atomic E-state index is 0.0476. The third kappa shape index (κ3) is 2.57. The summed E-state index contributed by atoms with van der Waals surface area (Å²) in [5, 5.41) is 22.3. The van der Waals surface area contributed by atoms with Crippen LogP contribution in [0.2, 0.25) is 0 Å². The SMILES string of the molecule is CC(=O)OC[C@H]1O[C@@H](n2cnc3c(N)ncnc32)[C@@](O)(C(C)=O)[C@@]1(O)C(C)=O. The second-order valence-electron chi connectivity index (χ2n) is 6.51. The zero-order chi connectivity index (χ0) is 20.9. The quantitative estimate of drug-likeness (QED) is 0.503. The first-order chi connectivity index (χ1) is 13.0. The first-order valence-corrected chi connectivity index (χ1v) is 8.23.